The molecule has 0 atom stereocenters. The molecule has 0 saturated heterocycles. The lowest BCUT2D eigenvalue weighted by atomic mass is 10.2. The molecule has 0 amide bonds. The number of ether oxygens (including phenoxy) is 2. The molecule has 0 radical (unpaired) electrons. The van der Waals surface area contributed by atoms with Crippen molar-refractivity contribution in [2.75, 3.05) is 13.9 Å². The topological polar surface area (TPSA) is 38.7 Å². The van der Waals surface area contributed by atoms with Gasteiger partial charge >= 0.3 is 0 Å². The van der Waals surface area contributed by atoms with Gasteiger partial charge in [-0.3, -0.25) is 0 Å². The molecule has 0 heterocycles. The van der Waals surface area contributed by atoms with Crippen molar-refractivity contribution >= 4 is 0 Å². The zero-order valence-corrected chi connectivity index (χ0v) is 7.20. The highest BCUT2D eigenvalue weighted by Crippen LogP contribution is 2.26. The molecule has 3 heteroatoms. The van der Waals surface area contributed by atoms with Crippen molar-refractivity contribution < 1.29 is 14.6 Å². The largest absolute Gasteiger partial charge is 0.496 e. The summed E-state index contributed by atoms with van der Waals surface area (Å²) in [5.41, 5.74) is 0.897. The summed E-state index contributed by atoms with van der Waals surface area (Å²) >= 11 is 0. The molecular weight excluding hydrogens is 156 g/mol. The first-order valence-corrected chi connectivity index (χ1v) is 3.67. The molecular formula is C9H12O3. The Labute approximate surface area is 71.5 Å². The van der Waals surface area contributed by atoms with Crippen LogP contribution >= 0.6 is 0 Å². The van der Waals surface area contributed by atoms with Crippen molar-refractivity contribution in [1.29, 1.82) is 0 Å². The molecule has 0 aliphatic rings. The fourth-order valence-corrected chi connectivity index (χ4v) is 1.04. The Morgan fingerprint density at radius 3 is 2.58 bits per heavy atom. The zero-order chi connectivity index (χ0) is 8.97. The van der Waals surface area contributed by atoms with Crippen molar-refractivity contribution in [2.24, 2.45) is 0 Å². The quantitative estimate of drug-likeness (QED) is 0.692. The van der Waals surface area contributed by atoms with Gasteiger partial charge in [0.2, 0.25) is 0 Å². The third-order valence-corrected chi connectivity index (χ3v) is 1.67. The lowest BCUT2D eigenvalue weighted by Gasteiger charge is -2.09. The van der Waals surface area contributed by atoms with Gasteiger partial charge in [0.1, 0.15) is 11.5 Å². The van der Waals surface area contributed by atoms with E-state index in [4.69, 9.17) is 14.6 Å². The fourth-order valence-electron chi connectivity index (χ4n) is 1.04. The summed E-state index contributed by atoms with van der Waals surface area (Å²) in [7, 11) is 1.60. The molecule has 1 aromatic rings. The Hall–Kier alpha value is -1.22. The zero-order valence-electron chi connectivity index (χ0n) is 7.20. The summed E-state index contributed by atoms with van der Waals surface area (Å²) in [6.07, 6.45) is 0. The van der Waals surface area contributed by atoms with Crippen LogP contribution < -0.4 is 9.47 Å². The maximum atomic E-state index is 8.54. The van der Waals surface area contributed by atoms with Crippen LogP contribution in [0.1, 0.15) is 5.56 Å². The van der Waals surface area contributed by atoms with E-state index in [1.807, 2.05) is 19.1 Å². The highest BCUT2D eigenvalue weighted by molar-refractivity contribution is 5.43. The second-order valence-corrected chi connectivity index (χ2v) is 2.36. The molecule has 0 fully saturated rings. The molecule has 1 N–H and O–H groups in total. The standard InChI is InChI=1S/C9H12O3/c1-7-8(11-2)4-3-5-9(7)12-6-10/h3-5,10H,6H2,1-2H3. The monoisotopic (exact) mass is 168 g/mol. The van der Waals surface area contributed by atoms with Crippen molar-refractivity contribution in [3.05, 3.63) is 23.8 Å². The highest BCUT2D eigenvalue weighted by Gasteiger charge is 2.03. The lowest BCUT2D eigenvalue weighted by molar-refractivity contribution is 0.0976. The van der Waals surface area contributed by atoms with E-state index in [0.29, 0.717) is 5.75 Å². The number of methoxy groups -OCH3 is 1. The molecule has 0 spiro atoms. The molecule has 0 bridgehead atoms. The second kappa shape index (κ2) is 3.97. The van der Waals surface area contributed by atoms with Gasteiger partial charge in [-0.15, -0.1) is 0 Å². The first-order chi connectivity index (χ1) is 5.79. The van der Waals surface area contributed by atoms with Crippen LogP contribution in [0.15, 0.2) is 18.2 Å². The summed E-state index contributed by atoms with van der Waals surface area (Å²) in [4.78, 5) is 0. The van der Waals surface area contributed by atoms with Gasteiger partial charge in [0.15, 0.2) is 6.79 Å². The van der Waals surface area contributed by atoms with Crippen molar-refractivity contribution in [1.82, 2.24) is 0 Å². The molecule has 3 nitrogen and oxygen atoms in total. The van der Waals surface area contributed by atoms with E-state index in [0.717, 1.165) is 11.3 Å². The number of aliphatic hydroxyl groups is 1. The summed E-state index contributed by atoms with van der Waals surface area (Å²) in [6, 6.07) is 5.45. The molecule has 0 aliphatic carbocycles. The molecule has 0 saturated carbocycles. The van der Waals surface area contributed by atoms with Gasteiger partial charge in [-0.2, -0.15) is 0 Å². The predicted octanol–water partition coefficient (Wildman–Crippen LogP) is 1.33. The van der Waals surface area contributed by atoms with Gasteiger partial charge < -0.3 is 14.6 Å². The van der Waals surface area contributed by atoms with Gasteiger partial charge in [-0.1, -0.05) is 6.07 Å². The third kappa shape index (κ3) is 1.68. The van der Waals surface area contributed by atoms with Gasteiger partial charge in [-0.25, -0.2) is 0 Å². The SMILES string of the molecule is COc1cccc(OCO)c1C. The Balaban J connectivity index is 2.97. The summed E-state index contributed by atoms with van der Waals surface area (Å²) < 4.78 is 10.0. The van der Waals surface area contributed by atoms with E-state index in [9.17, 15) is 0 Å². The molecule has 0 aromatic heterocycles. The molecule has 0 aliphatic heterocycles. The van der Waals surface area contributed by atoms with Gasteiger partial charge in [0.25, 0.3) is 0 Å². The normalized spacial score (nSPS) is 9.58. The lowest BCUT2D eigenvalue weighted by Crippen LogP contribution is -1.97. The first-order valence-electron chi connectivity index (χ1n) is 3.67. The van der Waals surface area contributed by atoms with Crippen LogP contribution in [0.5, 0.6) is 11.5 Å². The molecule has 66 valence electrons. The minimum absolute atomic E-state index is 0.312. The molecule has 1 rings (SSSR count). The van der Waals surface area contributed by atoms with E-state index < -0.39 is 0 Å². The summed E-state index contributed by atoms with van der Waals surface area (Å²) in [5, 5.41) is 8.54. The van der Waals surface area contributed by atoms with Crippen LogP contribution in [-0.2, 0) is 0 Å². The summed E-state index contributed by atoms with van der Waals surface area (Å²) in [6.45, 7) is 1.57. The number of hydrogen-bond donors (Lipinski definition) is 1. The Bertz CT molecular complexity index is 258. The van der Waals surface area contributed by atoms with Crippen molar-refractivity contribution in [2.45, 2.75) is 6.92 Å². The van der Waals surface area contributed by atoms with Crippen LogP contribution in [0.25, 0.3) is 0 Å². The van der Waals surface area contributed by atoms with E-state index >= 15 is 0 Å². The van der Waals surface area contributed by atoms with E-state index in [1.54, 1.807) is 13.2 Å². The highest BCUT2D eigenvalue weighted by atomic mass is 16.6. The van der Waals surface area contributed by atoms with Crippen LogP contribution in [0, 0.1) is 6.92 Å². The van der Waals surface area contributed by atoms with Crippen LogP contribution in [-0.4, -0.2) is 19.0 Å². The third-order valence-electron chi connectivity index (χ3n) is 1.67. The Kier molecular flexibility index (Phi) is 2.94. The van der Waals surface area contributed by atoms with E-state index in [1.165, 1.54) is 0 Å². The average molecular weight is 168 g/mol. The minimum Gasteiger partial charge on any atom is -0.496 e. The average Bonchev–Trinajstić information content (AvgIpc) is 2.09. The number of hydrogen-bond acceptors (Lipinski definition) is 3. The molecule has 1 aromatic carbocycles. The van der Waals surface area contributed by atoms with Gasteiger partial charge in [-0.05, 0) is 19.1 Å². The smallest absolute Gasteiger partial charge is 0.186 e. The number of rotatable bonds is 3. The van der Waals surface area contributed by atoms with Crippen molar-refractivity contribution in [3.8, 4) is 11.5 Å². The van der Waals surface area contributed by atoms with Crippen LogP contribution in [0.2, 0.25) is 0 Å². The Morgan fingerprint density at radius 1 is 1.33 bits per heavy atom. The minimum atomic E-state index is -0.312. The number of aliphatic hydroxyl groups excluding tert-OH is 1. The number of benzene rings is 1. The van der Waals surface area contributed by atoms with Gasteiger partial charge in [0, 0.05) is 5.56 Å². The van der Waals surface area contributed by atoms with Crippen LogP contribution in [0.4, 0.5) is 0 Å². The van der Waals surface area contributed by atoms with Crippen molar-refractivity contribution in [3.63, 3.8) is 0 Å². The maximum Gasteiger partial charge on any atom is 0.186 e. The van der Waals surface area contributed by atoms with Crippen LogP contribution in [0.3, 0.4) is 0 Å². The molecule has 12 heavy (non-hydrogen) atoms. The first kappa shape index (κ1) is 8.87. The fraction of sp³-hybridized carbons (Fsp3) is 0.333. The predicted molar refractivity (Wildman–Crippen MR) is 45.4 cm³/mol. The molecule has 0 unspecified atom stereocenters. The summed E-state index contributed by atoms with van der Waals surface area (Å²) in [5.74, 6) is 1.41. The van der Waals surface area contributed by atoms with E-state index in [2.05, 4.69) is 0 Å². The Morgan fingerprint density at radius 2 is 2.00 bits per heavy atom. The van der Waals surface area contributed by atoms with E-state index in [-0.39, 0.29) is 6.79 Å². The maximum absolute atomic E-state index is 8.54. The second-order valence-electron chi connectivity index (χ2n) is 2.36. The van der Waals surface area contributed by atoms with Gasteiger partial charge in [0.05, 0.1) is 7.11 Å².